The third-order valence-electron chi connectivity index (χ3n) is 2.49. The number of morpholine rings is 1. The maximum absolute atomic E-state index is 12.9. The Morgan fingerprint density at radius 1 is 1.35 bits per heavy atom. The Morgan fingerprint density at radius 2 is 2.06 bits per heavy atom. The molecule has 0 radical (unpaired) electrons. The highest BCUT2D eigenvalue weighted by Crippen LogP contribution is 2.16. The van der Waals surface area contributed by atoms with Crippen molar-refractivity contribution in [3.8, 4) is 5.75 Å². The predicted molar refractivity (Wildman–Crippen MR) is 58.5 cm³/mol. The van der Waals surface area contributed by atoms with Crippen molar-refractivity contribution in [3.63, 3.8) is 0 Å². The summed E-state index contributed by atoms with van der Waals surface area (Å²) in [6, 6.07) is 3.10. The van der Waals surface area contributed by atoms with Gasteiger partial charge in [0.15, 0.2) is 0 Å². The molecule has 1 aromatic carbocycles. The number of nitrogens with zero attached hydrogens (tertiary/aromatic N) is 1. The number of hydrogen-bond acceptors (Lipinski definition) is 3. The molecule has 1 atom stereocenters. The van der Waals surface area contributed by atoms with Crippen LogP contribution in [0.1, 0.15) is 0 Å². The fraction of sp³-hybridized carbons (Fsp3) is 0.417. The summed E-state index contributed by atoms with van der Waals surface area (Å²) in [5, 5.41) is 0. The average Bonchev–Trinajstić information content (AvgIpc) is 2.25. The summed E-state index contributed by atoms with van der Waals surface area (Å²) in [7, 11) is 3.81. The van der Waals surface area contributed by atoms with Gasteiger partial charge in [-0.15, -0.1) is 0 Å². The average molecular weight is 242 g/mol. The van der Waals surface area contributed by atoms with Crippen molar-refractivity contribution >= 4 is 0 Å². The summed E-state index contributed by atoms with van der Waals surface area (Å²) < 4.78 is 36.5. The summed E-state index contributed by atoms with van der Waals surface area (Å²) in [5.74, 6) is -1.13. The summed E-state index contributed by atoms with van der Waals surface area (Å²) >= 11 is 0. The molecule has 1 aliphatic rings. The molecule has 1 fully saturated rings. The Morgan fingerprint density at radius 3 is 2.71 bits per heavy atom. The SMILES string of the molecule is [CH2-]N1CCOC(COc2cc(F)cc(F)c2)C1. The number of hydrogen-bond donors (Lipinski definition) is 0. The lowest BCUT2D eigenvalue weighted by atomic mass is 10.3. The highest BCUT2D eigenvalue weighted by Gasteiger charge is 2.15. The zero-order chi connectivity index (χ0) is 12.3. The lowest BCUT2D eigenvalue weighted by molar-refractivity contribution is -0.0354. The summed E-state index contributed by atoms with van der Waals surface area (Å²) in [5.41, 5.74) is 0. The van der Waals surface area contributed by atoms with Crippen LogP contribution in [-0.4, -0.2) is 37.3 Å². The Kier molecular flexibility index (Phi) is 3.91. The molecule has 0 N–H and O–H groups in total. The van der Waals surface area contributed by atoms with E-state index in [9.17, 15) is 8.78 Å². The monoisotopic (exact) mass is 242 g/mol. The quantitative estimate of drug-likeness (QED) is 0.755. The van der Waals surface area contributed by atoms with Gasteiger partial charge in [0.25, 0.3) is 0 Å². The van der Waals surface area contributed by atoms with Gasteiger partial charge in [0.2, 0.25) is 0 Å². The first-order valence-corrected chi connectivity index (χ1v) is 5.39. The van der Waals surface area contributed by atoms with Gasteiger partial charge in [0, 0.05) is 24.7 Å². The molecule has 1 heterocycles. The topological polar surface area (TPSA) is 21.7 Å². The van der Waals surface area contributed by atoms with Crippen molar-refractivity contribution in [2.75, 3.05) is 26.3 Å². The molecular weight excluding hydrogens is 228 g/mol. The van der Waals surface area contributed by atoms with E-state index in [4.69, 9.17) is 9.47 Å². The molecule has 2 rings (SSSR count). The minimum absolute atomic E-state index is 0.118. The summed E-state index contributed by atoms with van der Waals surface area (Å²) in [6.45, 7) is 2.28. The van der Waals surface area contributed by atoms with Gasteiger partial charge < -0.3 is 14.4 Å². The molecule has 0 amide bonds. The van der Waals surface area contributed by atoms with Gasteiger partial charge in [-0.1, -0.05) is 0 Å². The number of ether oxygens (including phenoxy) is 2. The van der Waals surface area contributed by atoms with E-state index in [0.717, 1.165) is 24.7 Å². The first-order valence-electron chi connectivity index (χ1n) is 5.39. The van der Waals surface area contributed by atoms with Crippen LogP contribution < -0.4 is 4.74 Å². The fourth-order valence-electron chi connectivity index (χ4n) is 1.68. The maximum atomic E-state index is 12.9. The first-order chi connectivity index (χ1) is 8.13. The highest BCUT2D eigenvalue weighted by molar-refractivity contribution is 5.23. The molecule has 1 aromatic rings. The molecule has 3 nitrogen and oxygen atoms in total. The Balaban J connectivity index is 1.88. The molecule has 0 bridgehead atoms. The summed E-state index contributed by atoms with van der Waals surface area (Å²) in [4.78, 5) is 1.88. The van der Waals surface area contributed by atoms with Crippen LogP contribution in [0.25, 0.3) is 0 Å². The molecular formula is C12H14F2NO2-. The van der Waals surface area contributed by atoms with Gasteiger partial charge in [-0.3, -0.25) is 7.05 Å². The minimum Gasteiger partial charge on any atom is -0.491 e. The van der Waals surface area contributed by atoms with Gasteiger partial charge >= 0.3 is 0 Å². The van der Waals surface area contributed by atoms with Crippen molar-refractivity contribution < 1.29 is 18.3 Å². The predicted octanol–water partition coefficient (Wildman–Crippen LogP) is 1.84. The molecule has 94 valence electrons. The largest absolute Gasteiger partial charge is 0.491 e. The number of halogens is 2. The van der Waals surface area contributed by atoms with E-state index in [-0.39, 0.29) is 18.5 Å². The first kappa shape index (κ1) is 12.3. The second-order valence-corrected chi connectivity index (χ2v) is 3.99. The van der Waals surface area contributed by atoms with E-state index in [1.54, 1.807) is 0 Å². The van der Waals surface area contributed by atoms with Crippen LogP contribution in [0.4, 0.5) is 8.78 Å². The van der Waals surface area contributed by atoms with Crippen LogP contribution in [0.3, 0.4) is 0 Å². The normalized spacial score (nSPS) is 21.5. The van der Waals surface area contributed by atoms with Crippen LogP contribution in [0, 0.1) is 18.7 Å². The van der Waals surface area contributed by atoms with Gasteiger partial charge in [-0.05, 0) is 6.54 Å². The molecule has 17 heavy (non-hydrogen) atoms. The molecule has 0 aliphatic carbocycles. The molecule has 5 heteroatoms. The fourth-order valence-corrected chi connectivity index (χ4v) is 1.68. The molecule has 0 saturated carbocycles. The third-order valence-corrected chi connectivity index (χ3v) is 2.49. The van der Waals surface area contributed by atoms with Crippen molar-refractivity contribution in [3.05, 3.63) is 36.9 Å². The smallest absolute Gasteiger partial charge is 0.129 e. The molecule has 1 unspecified atom stereocenters. The van der Waals surface area contributed by atoms with Crippen molar-refractivity contribution in [1.82, 2.24) is 4.90 Å². The van der Waals surface area contributed by atoms with Crippen molar-refractivity contribution in [2.45, 2.75) is 6.10 Å². The van der Waals surface area contributed by atoms with E-state index in [1.165, 1.54) is 0 Å². The van der Waals surface area contributed by atoms with Gasteiger partial charge in [0.05, 0.1) is 6.61 Å². The lowest BCUT2D eigenvalue weighted by Crippen LogP contribution is -2.41. The van der Waals surface area contributed by atoms with Crippen LogP contribution in [0.15, 0.2) is 18.2 Å². The van der Waals surface area contributed by atoms with Crippen LogP contribution in [0.5, 0.6) is 5.75 Å². The van der Waals surface area contributed by atoms with Crippen LogP contribution in [-0.2, 0) is 4.74 Å². The van der Waals surface area contributed by atoms with E-state index in [1.807, 2.05) is 4.90 Å². The molecule has 0 spiro atoms. The standard InChI is InChI=1S/C12H14F2NO2/c1-15-2-3-16-12(7-15)8-17-11-5-9(13)4-10(14)6-11/h4-6,12H,1-3,7-8H2/q-1. The second-order valence-electron chi connectivity index (χ2n) is 3.99. The Hall–Kier alpha value is -1.20. The van der Waals surface area contributed by atoms with Crippen LogP contribution in [0.2, 0.25) is 0 Å². The third kappa shape index (κ3) is 3.64. The van der Waals surface area contributed by atoms with Crippen LogP contribution >= 0.6 is 0 Å². The highest BCUT2D eigenvalue weighted by atomic mass is 19.1. The zero-order valence-corrected chi connectivity index (χ0v) is 9.36. The van der Waals surface area contributed by atoms with Crippen molar-refractivity contribution in [1.29, 1.82) is 0 Å². The molecule has 1 saturated heterocycles. The molecule has 0 aromatic heterocycles. The number of rotatable bonds is 3. The Bertz CT molecular complexity index is 367. The van der Waals surface area contributed by atoms with Crippen molar-refractivity contribution in [2.24, 2.45) is 0 Å². The minimum atomic E-state index is -0.650. The van der Waals surface area contributed by atoms with E-state index in [0.29, 0.717) is 13.2 Å². The van der Waals surface area contributed by atoms with Gasteiger partial charge in [-0.25, -0.2) is 8.78 Å². The van der Waals surface area contributed by atoms with E-state index < -0.39 is 11.6 Å². The zero-order valence-electron chi connectivity index (χ0n) is 9.36. The van der Waals surface area contributed by atoms with E-state index >= 15 is 0 Å². The molecule has 1 aliphatic heterocycles. The van der Waals surface area contributed by atoms with E-state index in [2.05, 4.69) is 7.05 Å². The lowest BCUT2D eigenvalue weighted by Gasteiger charge is -2.35. The Labute approximate surface area is 98.9 Å². The van der Waals surface area contributed by atoms with Gasteiger partial charge in [-0.2, -0.15) is 0 Å². The maximum Gasteiger partial charge on any atom is 0.129 e. The summed E-state index contributed by atoms with van der Waals surface area (Å²) in [6.07, 6.45) is -0.118. The van der Waals surface area contributed by atoms with Gasteiger partial charge in [0.1, 0.15) is 30.1 Å². The number of benzene rings is 1. The second kappa shape index (κ2) is 5.42.